The predicted octanol–water partition coefficient (Wildman–Crippen LogP) is 4.46. The average Bonchev–Trinajstić information content (AvgIpc) is 2.56. The summed E-state index contributed by atoms with van der Waals surface area (Å²) in [6.45, 7) is 0. The van der Waals surface area contributed by atoms with Crippen LogP contribution in [0.2, 0.25) is 0 Å². The molecule has 0 spiro atoms. The van der Waals surface area contributed by atoms with Gasteiger partial charge >= 0.3 is 20.1 Å². The summed E-state index contributed by atoms with van der Waals surface area (Å²) in [5, 5.41) is 0. The molecule has 2 N–H and O–H groups in total. The number of ether oxygens (including phenoxy) is 1. The Morgan fingerprint density at radius 1 is 0.750 bits per heavy atom. The highest BCUT2D eigenvalue weighted by atomic mass is 31.2. The molecule has 0 aliphatic carbocycles. The quantitative estimate of drug-likeness (QED) is 0.537. The number of methoxy groups -OCH3 is 1. The molecule has 0 amide bonds. The Morgan fingerprint density at radius 3 is 1.46 bits per heavy atom. The monoisotopic (exact) mass is 366 g/mol. The molecule has 0 atom stereocenters. The van der Waals surface area contributed by atoms with Gasteiger partial charge in [-0.2, -0.15) is 17.6 Å². The first-order valence-electron chi connectivity index (χ1n) is 6.44. The van der Waals surface area contributed by atoms with Crippen molar-refractivity contribution in [2.45, 2.75) is 11.8 Å². The molecular weight excluding hydrogens is 351 g/mol. The smallest absolute Gasteiger partial charge is 0.430 e. The lowest BCUT2D eigenvalue weighted by Crippen LogP contribution is -2.42. The van der Waals surface area contributed by atoms with E-state index in [1.807, 2.05) is 0 Å². The predicted molar refractivity (Wildman–Crippen MR) is 81.6 cm³/mol. The Hall–Kier alpha value is -1.89. The van der Waals surface area contributed by atoms with Gasteiger partial charge in [0, 0.05) is 7.11 Å². The van der Waals surface area contributed by atoms with Gasteiger partial charge in [-0.05, 0) is 24.3 Å². The lowest BCUT2D eigenvalue weighted by atomic mass is 10.3. The molecule has 0 aromatic heterocycles. The summed E-state index contributed by atoms with van der Waals surface area (Å²) in [6, 6.07) is 14.8. The van der Waals surface area contributed by atoms with Gasteiger partial charge in [0.05, 0.1) is 0 Å². The molecule has 0 aliphatic heterocycles. The Kier molecular flexibility index (Phi) is 6.95. The zero-order valence-electron chi connectivity index (χ0n) is 12.5. The number of rotatable bonds is 7. The maximum absolute atomic E-state index is 14.1. The Morgan fingerprint density at radius 2 is 1.12 bits per heavy atom. The van der Waals surface area contributed by atoms with Crippen LogP contribution in [0.5, 0.6) is 11.5 Å². The van der Waals surface area contributed by atoms with Crippen LogP contribution in [-0.2, 0) is 4.74 Å². The van der Waals surface area contributed by atoms with Crippen molar-refractivity contribution in [3.05, 3.63) is 60.7 Å². The van der Waals surface area contributed by atoms with Crippen LogP contribution in [0.1, 0.15) is 0 Å². The molecule has 9 heteroatoms. The summed E-state index contributed by atoms with van der Waals surface area (Å²) in [4.78, 5) is 0. The van der Waals surface area contributed by atoms with Crippen LogP contribution in [0.3, 0.4) is 0 Å². The van der Waals surface area contributed by atoms with Crippen molar-refractivity contribution in [1.82, 2.24) is 0 Å². The highest BCUT2D eigenvalue weighted by Gasteiger charge is 2.67. The van der Waals surface area contributed by atoms with Gasteiger partial charge in [0.2, 0.25) is 0 Å². The fourth-order valence-corrected chi connectivity index (χ4v) is 2.71. The van der Waals surface area contributed by atoms with E-state index in [1.54, 1.807) is 12.1 Å². The number of alkyl halides is 4. The third-order valence-electron chi connectivity index (χ3n) is 2.70. The summed E-state index contributed by atoms with van der Waals surface area (Å²) in [7, 11) is -2.87. The summed E-state index contributed by atoms with van der Waals surface area (Å²) in [5.41, 5.74) is -4.66. The van der Waals surface area contributed by atoms with Crippen molar-refractivity contribution in [1.29, 1.82) is 0 Å². The second kappa shape index (κ2) is 8.28. The van der Waals surface area contributed by atoms with Gasteiger partial charge in [-0.1, -0.05) is 36.4 Å². The molecule has 4 nitrogen and oxygen atoms in total. The minimum atomic E-state index is -4.73. The largest absolute Gasteiger partial charge is 0.434 e. The molecule has 24 heavy (non-hydrogen) atoms. The van der Waals surface area contributed by atoms with Crippen molar-refractivity contribution in [2.24, 2.45) is 0 Å². The van der Waals surface area contributed by atoms with E-state index >= 15 is 0 Å². The molecule has 2 aromatic rings. The van der Waals surface area contributed by atoms with Crippen LogP contribution in [0.4, 0.5) is 17.6 Å². The molecule has 0 heterocycles. The van der Waals surface area contributed by atoms with Gasteiger partial charge in [-0.25, -0.2) is 0 Å². The summed E-state index contributed by atoms with van der Waals surface area (Å²) >= 11 is 0. The van der Waals surface area contributed by atoms with Gasteiger partial charge < -0.3 is 19.3 Å². The fraction of sp³-hybridized carbons (Fsp3) is 0.200. The minimum Gasteiger partial charge on any atom is -0.434 e. The topological polar surface area (TPSA) is 59.2 Å². The van der Waals surface area contributed by atoms with Crippen LogP contribution in [0.25, 0.3) is 0 Å². The maximum atomic E-state index is 14.1. The zero-order valence-corrected chi connectivity index (χ0v) is 13.4. The van der Waals surface area contributed by atoms with Crippen molar-refractivity contribution in [3.8, 4) is 11.5 Å². The van der Waals surface area contributed by atoms with E-state index in [0.717, 1.165) is 0 Å². The van der Waals surface area contributed by atoms with Crippen LogP contribution >= 0.6 is 8.38 Å². The molecule has 0 bridgehead atoms. The van der Waals surface area contributed by atoms with Crippen molar-refractivity contribution in [2.75, 3.05) is 7.11 Å². The van der Waals surface area contributed by atoms with Crippen molar-refractivity contribution in [3.63, 3.8) is 0 Å². The second-order valence-corrected chi connectivity index (χ2v) is 5.77. The third kappa shape index (κ3) is 4.56. The first-order valence-corrected chi connectivity index (χ1v) is 7.61. The molecule has 0 saturated carbocycles. The van der Waals surface area contributed by atoms with Gasteiger partial charge in [0.1, 0.15) is 11.5 Å². The summed E-state index contributed by atoms with van der Waals surface area (Å²) in [6.07, 6.45) is -4.73. The fourth-order valence-electron chi connectivity index (χ4n) is 1.52. The SMILES string of the molecule is COC(F)(F)C(F)(F)P(Oc1ccccc1)Oc1ccccc1.O. The van der Waals surface area contributed by atoms with Crippen LogP contribution < -0.4 is 9.05 Å². The normalized spacial score (nSPS) is 11.8. The minimum absolute atomic E-state index is 0. The van der Waals surface area contributed by atoms with Crippen LogP contribution in [-0.4, -0.2) is 24.4 Å². The Balaban J connectivity index is 0.00000288. The summed E-state index contributed by atoms with van der Waals surface area (Å²) < 4.78 is 68.9. The Labute approximate surface area is 137 Å². The highest BCUT2D eigenvalue weighted by Crippen LogP contribution is 2.60. The molecule has 132 valence electrons. The Bertz CT molecular complexity index is 572. The number of hydrogen-bond acceptors (Lipinski definition) is 3. The van der Waals surface area contributed by atoms with Gasteiger partial charge in [-0.3, -0.25) is 0 Å². The molecule has 0 aliphatic rings. The lowest BCUT2D eigenvalue weighted by molar-refractivity contribution is -0.307. The van der Waals surface area contributed by atoms with Gasteiger partial charge in [0.15, 0.2) is 0 Å². The van der Waals surface area contributed by atoms with E-state index in [-0.39, 0.29) is 17.0 Å². The second-order valence-electron chi connectivity index (χ2n) is 4.33. The first kappa shape index (κ1) is 20.2. The molecule has 2 rings (SSSR count). The van der Waals surface area contributed by atoms with Crippen LogP contribution in [0.15, 0.2) is 60.7 Å². The van der Waals surface area contributed by atoms with Crippen molar-refractivity contribution >= 4 is 8.38 Å². The van der Waals surface area contributed by atoms with E-state index in [2.05, 4.69) is 4.74 Å². The molecule has 0 radical (unpaired) electrons. The number of halogens is 4. The van der Waals surface area contributed by atoms with E-state index in [4.69, 9.17) is 9.05 Å². The molecule has 2 aromatic carbocycles. The van der Waals surface area contributed by atoms with E-state index in [9.17, 15) is 17.6 Å². The lowest BCUT2D eigenvalue weighted by Gasteiger charge is -2.30. The first-order chi connectivity index (χ1) is 10.9. The number of benzene rings is 2. The third-order valence-corrected chi connectivity index (χ3v) is 4.17. The highest BCUT2D eigenvalue weighted by molar-refractivity contribution is 7.49. The maximum Gasteiger partial charge on any atom is 0.430 e. The zero-order chi connectivity index (χ0) is 16.9. The van der Waals surface area contributed by atoms with E-state index in [0.29, 0.717) is 7.11 Å². The van der Waals surface area contributed by atoms with Crippen LogP contribution in [0, 0.1) is 0 Å². The van der Waals surface area contributed by atoms with Gasteiger partial charge in [0.25, 0.3) is 0 Å². The molecule has 0 unspecified atom stereocenters. The van der Waals surface area contributed by atoms with Crippen molar-refractivity contribution < 1.29 is 36.8 Å². The standard InChI is InChI=1S/C15H13F4O3P.H2O/c1-20-14(16,17)15(18,19)23(21-12-8-4-2-5-9-12)22-13-10-6-3-7-11-13;/h2-11H,1H3;1H2. The average molecular weight is 366 g/mol. The summed E-state index contributed by atoms with van der Waals surface area (Å²) in [5.74, 6) is -0.0257. The molecular formula is C15H15F4O4P. The van der Waals surface area contributed by atoms with E-state index < -0.39 is 20.1 Å². The van der Waals surface area contributed by atoms with Gasteiger partial charge in [-0.15, -0.1) is 0 Å². The van der Waals surface area contributed by atoms with E-state index in [1.165, 1.54) is 48.5 Å². The molecule has 0 fully saturated rings. The number of para-hydroxylation sites is 2. The number of hydrogen-bond donors (Lipinski definition) is 0. The molecule has 0 saturated heterocycles.